The Hall–Kier alpha value is -1.71. The molecule has 1 fully saturated rings. The van der Waals surface area contributed by atoms with Crippen molar-refractivity contribution in [2.75, 3.05) is 30.4 Å². The van der Waals surface area contributed by atoms with E-state index < -0.39 is 0 Å². The fourth-order valence-electron chi connectivity index (χ4n) is 2.12. The topological polar surface area (TPSA) is 41.6 Å². The van der Waals surface area contributed by atoms with Gasteiger partial charge >= 0.3 is 0 Å². The number of nitrogens with zero attached hydrogens (tertiary/aromatic N) is 1. The minimum atomic E-state index is 0.180. The Bertz CT molecular complexity index is 418. The summed E-state index contributed by atoms with van der Waals surface area (Å²) >= 11 is 0. The Morgan fingerprint density at radius 3 is 2.88 bits per heavy atom. The Labute approximate surface area is 102 Å². The molecule has 2 rings (SSSR count). The summed E-state index contributed by atoms with van der Waals surface area (Å²) in [5.74, 6) is 0.929. The molecule has 0 radical (unpaired) electrons. The summed E-state index contributed by atoms with van der Waals surface area (Å²) in [6.45, 7) is 3.70. The highest BCUT2D eigenvalue weighted by Gasteiger charge is 2.24. The van der Waals surface area contributed by atoms with Crippen molar-refractivity contribution < 1.29 is 9.53 Å². The Morgan fingerprint density at radius 1 is 1.47 bits per heavy atom. The average molecular weight is 234 g/mol. The second kappa shape index (κ2) is 5.08. The molecule has 0 unspecified atom stereocenters. The van der Waals surface area contributed by atoms with Gasteiger partial charge in [0.2, 0.25) is 5.91 Å². The third kappa shape index (κ3) is 2.35. The van der Waals surface area contributed by atoms with E-state index in [1.165, 1.54) is 0 Å². The number of carbonyl (C=O) groups is 1. The van der Waals surface area contributed by atoms with E-state index in [1.807, 2.05) is 25.1 Å². The number of hydrogen-bond donors (Lipinski definition) is 1. The van der Waals surface area contributed by atoms with Crippen LogP contribution in [0.25, 0.3) is 0 Å². The molecule has 0 atom stereocenters. The third-order valence-electron chi connectivity index (χ3n) is 2.92. The van der Waals surface area contributed by atoms with Gasteiger partial charge in [-0.15, -0.1) is 0 Å². The van der Waals surface area contributed by atoms with Crippen molar-refractivity contribution in [1.82, 2.24) is 0 Å². The summed E-state index contributed by atoms with van der Waals surface area (Å²) in [5, 5.41) is 3.23. The molecule has 0 aromatic heterocycles. The summed E-state index contributed by atoms with van der Waals surface area (Å²) in [7, 11) is 1.63. The standard InChI is InChI=1S/C13H18N2O2/c1-3-14-10-6-7-11(12(9-10)17-2)15-8-4-5-13(15)16/h6-7,9,14H,3-5,8H2,1-2H3. The molecule has 1 saturated heterocycles. The fourth-order valence-corrected chi connectivity index (χ4v) is 2.12. The minimum absolute atomic E-state index is 0.180. The van der Waals surface area contributed by atoms with Crippen molar-refractivity contribution in [3.63, 3.8) is 0 Å². The normalized spacial score (nSPS) is 15.2. The van der Waals surface area contributed by atoms with Crippen LogP contribution in [0.1, 0.15) is 19.8 Å². The van der Waals surface area contributed by atoms with E-state index in [0.717, 1.165) is 36.6 Å². The minimum Gasteiger partial charge on any atom is -0.494 e. The van der Waals surface area contributed by atoms with Gasteiger partial charge in [-0.25, -0.2) is 0 Å². The van der Waals surface area contributed by atoms with Crippen molar-refractivity contribution in [2.45, 2.75) is 19.8 Å². The van der Waals surface area contributed by atoms with Crippen molar-refractivity contribution in [1.29, 1.82) is 0 Å². The van der Waals surface area contributed by atoms with Gasteiger partial charge < -0.3 is 15.0 Å². The van der Waals surface area contributed by atoms with Gasteiger partial charge in [0.25, 0.3) is 0 Å². The first-order valence-electron chi connectivity index (χ1n) is 5.98. The summed E-state index contributed by atoms with van der Waals surface area (Å²) in [5.41, 5.74) is 1.89. The first-order valence-corrected chi connectivity index (χ1v) is 5.98. The second-order valence-corrected chi connectivity index (χ2v) is 4.07. The van der Waals surface area contributed by atoms with Gasteiger partial charge in [0.1, 0.15) is 5.75 Å². The molecular formula is C13H18N2O2. The Morgan fingerprint density at radius 2 is 2.29 bits per heavy atom. The lowest BCUT2D eigenvalue weighted by Crippen LogP contribution is -2.24. The monoisotopic (exact) mass is 234 g/mol. The number of methoxy groups -OCH3 is 1. The van der Waals surface area contributed by atoms with Crippen LogP contribution in [-0.4, -0.2) is 26.1 Å². The lowest BCUT2D eigenvalue weighted by atomic mass is 10.2. The molecule has 1 aliphatic rings. The maximum Gasteiger partial charge on any atom is 0.227 e. The van der Waals surface area contributed by atoms with E-state index in [2.05, 4.69) is 5.32 Å². The van der Waals surface area contributed by atoms with Gasteiger partial charge in [0.05, 0.1) is 12.8 Å². The molecule has 1 amide bonds. The number of nitrogens with one attached hydrogen (secondary N) is 1. The molecule has 92 valence electrons. The number of anilines is 2. The van der Waals surface area contributed by atoms with Crippen LogP contribution in [0.2, 0.25) is 0 Å². The van der Waals surface area contributed by atoms with E-state index in [9.17, 15) is 4.79 Å². The molecule has 0 saturated carbocycles. The molecule has 1 heterocycles. The van der Waals surface area contributed by atoms with Crippen LogP contribution in [-0.2, 0) is 4.79 Å². The number of ether oxygens (including phenoxy) is 1. The van der Waals surface area contributed by atoms with Gasteiger partial charge in [0.15, 0.2) is 0 Å². The van der Waals surface area contributed by atoms with Crippen LogP contribution in [0.15, 0.2) is 18.2 Å². The predicted octanol–water partition coefficient (Wildman–Crippen LogP) is 2.25. The fraction of sp³-hybridized carbons (Fsp3) is 0.462. The number of amides is 1. The maximum absolute atomic E-state index is 11.7. The first kappa shape index (κ1) is 11.8. The molecular weight excluding hydrogens is 216 g/mol. The van der Waals surface area contributed by atoms with E-state index >= 15 is 0 Å². The smallest absolute Gasteiger partial charge is 0.227 e. The van der Waals surface area contributed by atoms with Crippen LogP contribution in [0.3, 0.4) is 0 Å². The summed E-state index contributed by atoms with van der Waals surface area (Å²) in [6, 6.07) is 5.86. The molecule has 0 aliphatic carbocycles. The quantitative estimate of drug-likeness (QED) is 0.868. The van der Waals surface area contributed by atoms with E-state index in [-0.39, 0.29) is 5.91 Å². The van der Waals surface area contributed by atoms with Crippen molar-refractivity contribution in [2.24, 2.45) is 0 Å². The Kier molecular flexibility index (Phi) is 3.52. The number of rotatable bonds is 4. The molecule has 0 spiro atoms. The lowest BCUT2D eigenvalue weighted by Gasteiger charge is -2.19. The van der Waals surface area contributed by atoms with E-state index in [0.29, 0.717) is 6.42 Å². The highest BCUT2D eigenvalue weighted by atomic mass is 16.5. The number of carbonyl (C=O) groups excluding carboxylic acids is 1. The number of benzene rings is 1. The molecule has 4 heteroatoms. The third-order valence-corrected chi connectivity index (χ3v) is 2.92. The first-order chi connectivity index (χ1) is 8.26. The summed E-state index contributed by atoms with van der Waals surface area (Å²) in [4.78, 5) is 13.5. The second-order valence-electron chi connectivity index (χ2n) is 4.07. The molecule has 1 aromatic rings. The zero-order chi connectivity index (χ0) is 12.3. The maximum atomic E-state index is 11.7. The molecule has 0 bridgehead atoms. The van der Waals surface area contributed by atoms with Crippen LogP contribution in [0, 0.1) is 0 Å². The summed E-state index contributed by atoms with van der Waals surface area (Å²) < 4.78 is 5.36. The van der Waals surface area contributed by atoms with Gasteiger partial charge in [0, 0.05) is 31.3 Å². The molecule has 17 heavy (non-hydrogen) atoms. The average Bonchev–Trinajstić information content (AvgIpc) is 2.76. The lowest BCUT2D eigenvalue weighted by molar-refractivity contribution is -0.117. The van der Waals surface area contributed by atoms with Gasteiger partial charge in [-0.2, -0.15) is 0 Å². The van der Waals surface area contributed by atoms with Crippen molar-refractivity contribution in [3.8, 4) is 5.75 Å². The zero-order valence-electron chi connectivity index (χ0n) is 10.3. The predicted molar refractivity (Wildman–Crippen MR) is 68.7 cm³/mol. The van der Waals surface area contributed by atoms with Gasteiger partial charge in [-0.1, -0.05) is 0 Å². The highest BCUT2D eigenvalue weighted by molar-refractivity contribution is 5.97. The number of hydrogen-bond acceptors (Lipinski definition) is 3. The van der Waals surface area contributed by atoms with Crippen LogP contribution >= 0.6 is 0 Å². The van der Waals surface area contributed by atoms with Crippen molar-refractivity contribution >= 4 is 17.3 Å². The summed E-state index contributed by atoms with van der Waals surface area (Å²) in [6.07, 6.45) is 1.56. The molecule has 1 aliphatic heterocycles. The Balaban J connectivity index is 2.30. The van der Waals surface area contributed by atoms with Crippen LogP contribution < -0.4 is 15.0 Å². The van der Waals surface area contributed by atoms with Crippen molar-refractivity contribution in [3.05, 3.63) is 18.2 Å². The van der Waals surface area contributed by atoms with E-state index in [1.54, 1.807) is 12.0 Å². The van der Waals surface area contributed by atoms with E-state index in [4.69, 9.17) is 4.74 Å². The molecule has 1 N–H and O–H groups in total. The van der Waals surface area contributed by atoms with Gasteiger partial charge in [-0.05, 0) is 25.5 Å². The largest absolute Gasteiger partial charge is 0.494 e. The SMILES string of the molecule is CCNc1ccc(N2CCCC2=O)c(OC)c1. The van der Waals surface area contributed by atoms with Crippen LogP contribution in [0.4, 0.5) is 11.4 Å². The zero-order valence-corrected chi connectivity index (χ0v) is 10.3. The van der Waals surface area contributed by atoms with Gasteiger partial charge in [-0.3, -0.25) is 4.79 Å². The highest BCUT2D eigenvalue weighted by Crippen LogP contribution is 2.33. The molecule has 1 aromatic carbocycles. The molecule has 4 nitrogen and oxygen atoms in total. The van der Waals surface area contributed by atoms with Crippen LogP contribution in [0.5, 0.6) is 5.75 Å².